The third-order valence-electron chi connectivity index (χ3n) is 10.3. The van der Waals surface area contributed by atoms with Crippen molar-refractivity contribution in [3.8, 4) is 11.5 Å². The van der Waals surface area contributed by atoms with Crippen LogP contribution < -0.4 is 15.4 Å². The molecule has 0 radical (unpaired) electrons. The second-order valence-corrected chi connectivity index (χ2v) is 12.9. The second-order valence-electron chi connectivity index (χ2n) is 12.9. The van der Waals surface area contributed by atoms with E-state index in [2.05, 4.69) is 41.5 Å². The summed E-state index contributed by atoms with van der Waals surface area (Å²) < 4.78 is 6.02. The molecule has 2 heterocycles. The van der Waals surface area contributed by atoms with Gasteiger partial charge in [-0.3, -0.25) is 19.3 Å². The minimum Gasteiger partial charge on any atom is -0.457 e. The van der Waals surface area contributed by atoms with E-state index in [1.54, 1.807) is 31.3 Å². The first-order chi connectivity index (χ1) is 21.8. The molecule has 3 fully saturated rings. The van der Waals surface area contributed by atoms with Crippen LogP contribution >= 0.6 is 0 Å². The van der Waals surface area contributed by atoms with Crippen LogP contribution in [0.2, 0.25) is 0 Å². The Labute approximate surface area is 267 Å². The SMILES string of the molecule is CCCCN1C(=O)[C@@H]([C@H](O)C2CCCCC2)NC(=O)C12CCN(C(CC)c1ccc(Oc3ccc(C(=O)NC)cc3)cc1)CC2. The number of rotatable bonds is 11. The van der Waals surface area contributed by atoms with Crippen LogP contribution in [-0.2, 0) is 9.59 Å². The summed E-state index contributed by atoms with van der Waals surface area (Å²) in [6, 6.07) is 14.5. The van der Waals surface area contributed by atoms with Crippen LogP contribution in [0.4, 0.5) is 0 Å². The monoisotopic (exact) mass is 618 g/mol. The van der Waals surface area contributed by atoms with Crippen LogP contribution in [0.1, 0.15) is 100 Å². The lowest BCUT2D eigenvalue weighted by Gasteiger charge is -2.53. The minimum absolute atomic E-state index is 0.0635. The quantitative estimate of drug-likeness (QED) is 0.320. The Hall–Kier alpha value is -3.43. The maximum absolute atomic E-state index is 14.0. The molecule has 0 aromatic heterocycles. The third-order valence-corrected chi connectivity index (χ3v) is 10.3. The van der Waals surface area contributed by atoms with Gasteiger partial charge in [-0.05, 0) is 86.4 Å². The molecule has 9 nitrogen and oxygen atoms in total. The lowest BCUT2D eigenvalue weighted by Crippen LogP contribution is -2.75. The number of ether oxygens (including phenoxy) is 1. The van der Waals surface area contributed by atoms with Crippen molar-refractivity contribution in [3.05, 3.63) is 59.7 Å². The highest BCUT2D eigenvalue weighted by molar-refractivity contribution is 6.00. The summed E-state index contributed by atoms with van der Waals surface area (Å²) in [5.41, 5.74) is 0.891. The number of amides is 3. The van der Waals surface area contributed by atoms with Gasteiger partial charge in [0.05, 0.1) is 6.10 Å². The van der Waals surface area contributed by atoms with Gasteiger partial charge in [0.25, 0.3) is 5.91 Å². The van der Waals surface area contributed by atoms with Crippen LogP contribution in [-0.4, -0.2) is 77.0 Å². The molecule has 3 amide bonds. The van der Waals surface area contributed by atoms with E-state index in [-0.39, 0.29) is 29.7 Å². The van der Waals surface area contributed by atoms with Crippen molar-refractivity contribution in [3.63, 3.8) is 0 Å². The summed E-state index contributed by atoms with van der Waals surface area (Å²) in [6.07, 6.45) is 8.12. The van der Waals surface area contributed by atoms with Crippen molar-refractivity contribution in [1.82, 2.24) is 20.4 Å². The standard InChI is InChI=1S/C36H50N4O5/c1-4-6-22-40-34(43)31(32(41)26-10-8-7-9-11-26)38-35(44)36(40)20-23-39(24-21-36)30(5-2)25-12-16-28(17-13-25)45-29-18-14-27(15-19-29)33(42)37-3/h12-19,26,30-32,41H,4-11,20-24H2,1-3H3,(H,37,42)(H,38,44)/t30?,31-,32-/m1/s1. The number of likely N-dealkylation sites (tertiary alicyclic amines) is 1. The Morgan fingerprint density at radius 3 is 2.20 bits per heavy atom. The van der Waals surface area contributed by atoms with Gasteiger partial charge in [0.2, 0.25) is 11.8 Å². The molecule has 3 N–H and O–H groups in total. The Bertz CT molecular complexity index is 1300. The largest absolute Gasteiger partial charge is 0.457 e. The number of aliphatic hydroxyl groups is 1. The maximum Gasteiger partial charge on any atom is 0.251 e. The number of carbonyl (C=O) groups excluding carboxylic acids is 3. The summed E-state index contributed by atoms with van der Waals surface area (Å²) in [5.74, 6) is 1.09. The fraction of sp³-hybridized carbons (Fsp3) is 0.583. The van der Waals surface area contributed by atoms with Crippen LogP contribution in [0.25, 0.3) is 0 Å². The Balaban J connectivity index is 1.25. The third kappa shape index (κ3) is 7.04. The average Bonchev–Trinajstić information content (AvgIpc) is 3.08. The van der Waals surface area contributed by atoms with E-state index >= 15 is 0 Å². The van der Waals surface area contributed by atoms with E-state index in [0.717, 1.165) is 44.9 Å². The zero-order chi connectivity index (χ0) is 32.0. The highest BCUT2D eigenvalue weighted by Gasteiger charge is 2.55. The van der Waals surface area contributed by atoms with E-state index in [1.165, 1.54) is 12.0 Å². The van der Waals surface area contributed by atoms with Crippen LogP contribution in [0.5, 0.6) is 11.5 Å². The number of piperazine rings is 1. The van der Waals surface area contributed by atoms with Gasteiger partial charge in [-0.1, -0.05) is 51.7 Å². The van der Waals surface area contributed by atoms with E-state index < -0.39 is 17.7 Å². The van der Waals surface area contributed by atoms with Crippen molar-refractivity contribution in [1.29, 1.82) is 0 Å². The summed E-state index contributed by atoms with van der Waals surface area (Å²) in [6.45, 7) is 6.23. The maximum atomic E-state index is 14.0. The van der Waals surface area contributed by atoms with Crippen LogP contribution in [0, 0.1) is 5.92 Å². The first kappa shape index (κ1) is 32.9. The molecule has 5 rings (SSSR count). The van der Waals surface area contributed by atoms with Gasteiger partial charge in [-0.25, -0.2) is 0 Å². The topological polar surface area (TPSA) is 111 Å². The molecule has 1 saturated carbocycles. The first-order valence-electron chi connectivity index (χ1n) is 17.0. The molecule has 3 aliphatic rings. The van der Waals surface area contributed by atoms with Gasteiger partial charge in [0.1, 0.15) is 23.1 Å². The molecule has 1 spiro atoms. The molecular weight excluding hydrogens is 568 g/mol. The van der Waals surface area contributed by atoms with E-state index in [0.29, 0.717) is 49.5 Å². The lowest BCUT2D eigenvalue weighted by molar-refractivity contribution is -0.166. The Morgan fingerprint density at radius 1 is 1.00 bits per heavy atom. The predicted molar refractivity (Wildman–Crippen MR) is 174 cm³/mol. The molecule has 244 valence electrons. The summed E-state index contributed by atoms with van der Waals surface area (Å²) in [5, 5.41) is 16.9. The fourth-order valence-electron chi connectivity index (χ4n) is 7.58. The van der Waals surface area contributed by atoms with Gasteiger partial charge >= 0.3 is 0 Å². The lowest BCUT2D eigenvalue weighted by atomic mass is 9.77. The highest BCUT2D eigenvalue weighted by atomic mass is 16.5. The number of hydrogen-bond acceptors (Lipinski definition) is 6. The molecule has 2 aromatic carbocycles. The molecule has 1 aliphatic carbocycles. The predicted octanol–water partition coefficient (Wildman–Crippen LogP) is 5.19. The van der Waals surface area contributed by atoms with Crippen molar-refractivity contribution in [2.24, 2.45) is 5.92 Å². The number of aliphatic hydroxyl groups excluding tert-OH is 1. The molecule has 1 unspecified atom stereocenters. The summed E-state index contributed by atoms with van der Waals surface area (Å²) >= 11 is 0. The Morgan fingerprint density at radius 2 is 1.62 bits per heavy atom. The van der Waals surface area contributed by atoms with Gasteiger partial charge in [0.15, 0.2) is 0 Å². The highest BCUT2D eigenvalue weighted by Crippen LogP contribution is 2.39. The van der Waals surface area contributed by atoms with E-state index in [4.69, 9.17) is 4.74 Å². The molecule has 9 heteroatoms. The first-order valence-corrected chi connectivity index (χ1v) is 17.0. The number of unbranched alkanes of at least 4 members (excludes halogenated alkanes) is 1. The summed E-state index contributed by atoms with van der Waals surface area (Å²) in [4.78, 5) is 43.9. The minimum atomic E-state index is -0.866. The molecule has 45 heavy (non-hydrogen) atoms. The van der Waals surface area contributed by atoms with Crippen molar-refractivity contribution < 1.29 is 24.2 Å². The zero-order valence-corrected chi connectivity index (χ0v) is 27.1. The van der Waals surface area contributed by atoms with Crippen molar-refractivity contribution >= 4 is 17.7 Å². The van der Waals surface area contributed by atoms with E-state index in [9.17, 15) is 19.5 Å². The molecule has 3 atom stereocenters. The Kier molecular flexibility index (Phi) is 10.8. The molecule has 0 bridgehead atoms. The number of nitrogens with zero attached hydrogens (tertiary/aromatic N) is 2. The van der Waals surface area contributed by atoms with Crippen LogP contribution in [0.3, 0.4) is 0 Å². The van der Waals surface area contributed by atoms with Gasteiger partial charge < -0.3 is 25.4 Å². The summed E-state index contributed by atoms with van der Waals surface area (Å²) in [7, 11) is 1.61. The van der Waals surface area contributed by atoms with Gasteiger partial charge in [0, 0.05) is 38.3 Å². The molecule has 2 saturated heterocycles. The van der Waals surface area contributed by atoms with E-state index in [1.807, 2.05) is 17.0 Å². The zero-order valence-electron chi connectivity index (χ0n) is 27.1. The van der Waals surface area contributed by atoms with Crippen LogP contribution in [0.15, 0.2) is 48.5 Å². The number of piperidine rings is 1. The fourth-order valence-corrected chi connectivity index (χ4v) is 7.58. The van der Waals surface area contributed by atoms with Gasteiger partial charge in [-0.15, -0.1) is 0 Å². The number of carbonyl (C=O) groups is 3. The number of benzene rings is 2. The smallest absolute Gasteiger partial charge is 0.251 e. The molecular formula is C36H50N4O5. The van der Waals surface area contributed by atoms with Crippen molar-refractivity contribution in [2.75, 3.05) is 26.7 Å². The normalized spacial score (nSPS) is 22.1. The molecule has 2 aromatic rings. The van der Waals surface area contributed by atoms with Crippen molar-refractivity contribution in [2.45, 2.75) is 102 Å². The van der Waals surface area contributed by atoms with Gasteiger partial charge in [-0.2, -0.15) is 0 Å². The molecule has 2 aliphatic heterocycles. The number of hydrogen-bond donors (Lipinski definition) is 3. The second kappa shape index (κ2) is 14.8. The number of nitrogens with one attached hydrogen (secondary N) is 2. The average molecular weight is 619 g/mol.